The third-order valence-electron chi connectivity index (χ3n) is 0.683. The summed E-state index contributed by atoms with van der Waals surface area (Å²) < 4.78 is 0. The van der Waals surface area contributed by atoms with Crippen molar-refractivity contribution in [2.75, 3.05) is 12.0 Å². The summed E-state index contributed by atoms with van der Waals surface area (Å²) in [5, 5.41) is -0.239. The van der Waals surface area contributed by atoms with E-state index in [1.165, 1.54) is 0 Å². The van der Waals surface area contributed by atoms with Crippen LogP contribution >= 0.6 is 34.2 Å². The van der Waals surface area contributed by atoms with Crippen molar-refractivity contribution in [2.45, 2.75) is 6.04 Å². The molecule has 5 heteroatoms. The van der Waals surface area contributed by atoms with Crippen LogP contribution in [0.4, 0.5) is 0 Å². The molecule has 0 rings (SSSR count). The molecule has 0 heterocycles. The summed E-state index contributed by atoms with van der Waals surface area (Å²) in [5.41, 5.74) is 5.34. The lowest BCUT2D eigenvalue weighted by Gasteiger charge is -2.02. The Morgan fingerprint density at radius 1 is 1.89 bits per heavy atom. The lowest BCUT2D eigenvalue weighted by atomic mass is 10.4. The minimum atomic E-state index is -0.411. The number of carbonyl (C=O) groups excluding carboxylic acids is 1. The van der Waals surface area contributed by atoms with E-state index in [-0.39, 0.29) is 5.12 Å². The van der Waals surface area contributed by atoms with E-state index < -0.39 is 6.04 Å². The second-order valence-electron chi connectivity index (χ2n) is 1.40. The fraction of sp³-hybridized carbons (Fsp3) is 0.750. The first-order valence-electron chi connectivity index (χ1n) is 2.32. The molecule has 0 amide bonds. The Morgan fingerprint density at radius 2 is 2.44 bits per heavy atom. The summed E-state index contributed by atoms with van der Waals surface area (Å²) in [7, 11) is 3.16. The van der Waals surface area contributed by atoms with Gasteiger partial charge >= 0.3 is 0 Å². The van der Waals surface area contributed by atoms with Gasteiger partial charge in [-0.05, 0) is 6.26 Å². The van der Waals surface area contributed by atoms with Crippen LogP contribution in [0, 0.1) is 0 Å². The molecular formula is C4H9NOS3. The van der Waals surface area contributed by atoms with Gasteiger partial charge in [-0.1, -0.05) is 21.6 Å². The minimum Gasteiger partial charge on any atom is -0.320 e. The lowest BCUT2D eigenvalue weighted by molar-refractivity contribution is -0.111. The van der Waals surface area contributed by atoms with Crippen molar-refractivity contribution in [1.82, 2.24) is 0 Å². The van der Waals surface area contributed by atoms with Crippen LogP contribution in [-0.2, 0) is 4.79 Å². The van der Waals surface area contributed by atoms with Crippen LogP contribution in [-0.4, -0.2) is 23.2 Å². The Labute approximate surface area is 68.1 Å². The maximum Gasteiger partial charge on any atom is 0.203 e. The number of thiol groups is 1. The zero-order chi connectivity index (χ0) is 7.28. The smallest absolute Gasteiger partial charge is 0.203 e. The van der Waals surface area contributed by atoms with Gasteiger partial charge < -0.3 is 5.73 Å². The first-order chi connectivity index (χ1) is 4.18. The summed E-state index contributed by atoms with van der Waals surface area (Å²) in [6, 6.07) is -0.411. The quantitative estimate of drug-likeness (QED) is 0.499. The first kappa shape index (κ1) is 9.68. The van der Waals surface area contributed by atoms with Crippen LogP contribution in [0.15, 0.2) is 0 Å². The molecule has 0 aliphatic carbocycles. The van der Waals surface area contributed by atoms with Crippen molar-refractivity contribution >= 4 is 39.3 Å². The normalized spacial score (nSPS) is 13.2. The van der Waals surface area contributed by atoms with Crippen molar-refractivity contribution in [1.29, 1.82) is 0 Å². The molecule has 0 saturated heterocycles. The van der Waals surface area contributed by atoms with Gasteiger partial charge in [-0.15, -0.1) is 12.6 Å². The van der Waals surface area contributed by atoms with Gasteiger partial charge in [0, 0.05) is 5.75 Å². The number of carbonyl (C=O) groups is 1. The molecular weight excluding hydrogens is 174 g/mol. The maximum atomic E-state index is 10.4. The summed E-state index contributed by atoms with van der Waals surface area (Å²) >= 11 is 3.58. The molecule has 54 valence electrons. The summed E-state index contributed by atoms with van der Waals surface area (Å²) in [6.07, 6.45) is 1.94. The third-order valence-corrected chi connectivity index (χ3v) is 2.86. The Hall–Kier alpha value is 0.680. The number of nitrogens with two attached hydrogens (primary N) is 1. The Kier molecular flexibility index (Phi) is 5.88. The third kappa shape index (κ3) is 5.14. The van der Waals surface area contributed by atoms with Gasteiger partial charge in [0.25, 0.3) is 0 Å². The SMILES string of the molecule is CSSCC(N)C(=O)S. The fourth-order valence-corrected chi connectivity index (χ4v) is 1.71. The summed E-state index contributed by atoms with van der Waals surface area (Å²) in [4.78, 5) is 10.4. The molecule has 0 bridgehead atoms. The van der Waals surface area contributed by atoms with Gasteiger partial charge in [0.05, 0.1) is 6.04 Å². The van der Waals surface area contributed by atoms with E-state index >= 15 is 0 Å². The highest BCUT2D eigenvalue weighted by atomic mass is 33.1. The van der Waals surface area contributed by atoms with Gasteiger partial charge in [-0.2, -0.15) is 0 Å². The molecule has 0 fully saturated rings. The van der Waals surface area contributed by atoms with Crippen LogP contribution in [0.3, 0.4) is 0 Å². The van der Waals surface area contributed by atoms with Gasteiger partial charge in [0.2, 0.25) is 5.12 Å². The molecule has 1 unspecified atom stereocenters. The van der Waals surface area contributed by atoms with E-state index in [0.717, 1.165) is 0 Å². The average molecular weight is 183 g/mol. The van der Waals surface area contributed by atoms with Crippen LogP contribution in [0.5, 0.6) is 0 Å². The van der Waals surface area contributed by atoms with Gasteiger partial charge in [0.1, 0.15) is 0 Å². The largest absolute Gasteiger partial charge is 0.320 e. The second kappa shape index (κ2) is 5.46. The lowest BCUT2D eigenvalue weighted by Crippen LogP contribution is -2.28. The van der Waals surface area contributed by atoms with Crippen molar-refractivity contribution in [2.24, 2.45) is 5.73 Å². The van der Waals surface area contributed by atoms with E-state index in [2.05, 4.69) is 12.6 Å². The summed E-state index contributed by atoms with van der Waals surface area (Å²) in [5.74, 6) is 0.642. The molecule has 0 aliphatic rings. The molecule has 0 aromatic rings. The predicted octanol–water partition coefficient (Wildman–Crippen LogP) is 0.781. The predicted molar refractivity (Wildman–Crippen MR) is 47.9 cm³/mol. The standard InChI is InChI=1S/C4H9NOS3/c1-8-9-2-3(5)4(6)7/h3H,2,5H2,1H3,(H,6,7). The molecule has 0 saturated carbocycles. The zero-order valence-electron chi connectivity index (χ0n) is 5.03. The number of rotatable bonds is 4. The monoisotopic (exact) mass is 183 g/mol. The van der Waals surface area contributed by atoms with E-state index in [9.17, 15) is 4.79 Å². The molecule has 0 spiro atoms. The van der Waals surface area contributed by atoms with E-state index in [4.69, 9.17) is 5.73 Å². The van der Waals surface area contributed by atoms with Gasteiger partial charge in [-0.25, -0.2) is 0 Å². The highest BCUT2D eigenvalue weighted by molar-refractivity contribution is 8.76. The Morgan fingerprint density at radius 3 is 2.78 bits per heavy atom. The van der Waals surface area contributed by atoms with Crippen LogP contribution in [0.1, 0.15) is 0 Å². The molecule has 0 radical (unpaired) electrons. The molecule has 0 aromatic carbocycles. The van der Waals surface area contributed by atoms with Crippen LogP contribution < -0.4 is 5.73 Å². The van der Waals surface area contributed by atoms with Crippen molar-refractivity contribution in [3.05, 3.63) is 0 Å². The molecule has 9 heavy (non-hydrogen) atoms. The number of hydrogen-bond acceptors (Lipinski definition) is 4. The summed E-state index contributed by atoms with van der Waals surface area (Å²) in [6.45, 7) is 0. The van der Waals surface area contributed by atoms with E-state index in [1.807, 2.05) is 6.26 Å². The first-order valence-corrected chi connectivity index (χ1v) is 5.50. The van der Waals surface area contributed by atoms with Crippen LogP contribution in [0.25, 0.3) is 0 Å². The van der Waals surface area contributed by atoms with Crippen molar-refractivity contribution in [3.63, 3.8) is 0 Å². The van der Waals surface area contributed by atoms with Gasteiger partial charge in [0.15, 0.2) is 0 Å². The molecule has 0 aromatic heterocycles. The average Bonchev–Trinajstić information content (AvgIpc) is 1.82. The molecule has 1 atom stereocenters. The highest BCUT2D eigenvalue weighted by Crippen LogP contribution is 2.17. The minimum absolute atomic E-state index is 0.239. The number of hydrogen-bond donors (Lipinski definition) is 2. The Balaban J connectivity index is 3.27. The van der Waals surface area contributed by atoms with Crippen molar-refractivity contribution in [3.8, 4) is 0 Å². The van der Waals surface area contributed by atoms with E-state index in [0.29, 0.717) is 5.75 Å². The molecule has 2 N–H and O–H groups in total. The van der Waals surface area contributed by atoms with E-state index in [1.54, 1.807) is 21.6 Å². The topological polar surface area (TPSA) is 43.1 Å². The van der Waals surface area contributed by atoms with Crippen LogP contribution in [0.2, 0.25) is 0 Å². The zero-order valence-corrected chi connectivity index (χ0v) is 7.56. The van der Waals surface area contributed by atoms with Gasteiger partial charge in [-0.3, -0.25) is 4.79 Å². The highest BCUT2D eigenvalue weighted by Gasteiger charge is 2.07. The Bertz CT molecular complexity index is 97.8. The fourth-order valence-electron chi connectivity index (χ4n) is 0.213. The van der Waals surface area contributed by atoms with Crippen molar-refractivity contribution < 1.29 is 4.79 Å². The second-order valence-corrected chi connectivity index (χ2v) is 4.45. The molecule has 2 nitrogen and oxygen atoms in total. The molecule has 0 aliphatic heterocycles. The maximum absolute atomic E-state index is 10.4.